The Labute approximate surface area is 284 Å². The molecule has 5 aromatic rings. The van der Waals surface area contributed by atoms with Gasteiger partial charge in [-0.1, -0.05) is 59.6 Å². The van der Waals surface area contributed by atoms with Gasteiger partial charge in [0.1, 0.15) is 18.5 Å². The zero-order valence-corrected chi connectivity index (χ0v) is 27.6. The second-order valence-corrected chi connectivity index (χ2v) is 12.7. The Hall–Kier alpha value is -3.99. The van der Waals surface area contributed by atoms with Gasteiger partial charge in [-0.2, -0.15) is 0 Å². The molecule has 2 atom stereocenters. The molecule has 9 nitrogen and oxygen atoms in total. The minimum atomic E-state index is -1.08. The molecule has 2 unspecified atom stereocenters. The molecule has 11 heteroatoms. The van der Waals surface area contributed by atoms with Crippen molar-refractivity contribution in [1.29, 1.82) is 0 Å². The summed E-state index contributed by atoms with van der Waals surface area (Å²) in [7, 11) is 0. The highest BCUT2D eigenvalue weighted by Gasteiger charge is 2.45. The maximum Gasteiger partial charge on any atom is 0.215 e. The van der Waals surface area contributed by atoms with E-state index in [1.54, 1.807) is 24.7 Å². The molecule has 3 aromatic carbocycles. The van der Waals surface area contributed by atoms with Crippen LogP contribution in [0.1, 0.15) is 16.8 Å². The highest BCUT2D eigenvalue weighted by atomic mass is 35.5. The number of aryl methyl sites for hydroxylation is 1. The Kier molecular flexibility index (Phi) is 9.42. The number of hydrogen-bond donors (Lipinski definition) is 0. The molecule has 4 heterocycles. The summed E-state index contributed by atoms with van der Waals surface area (Å²) in [6.07, 6.45) is 7.00. The number of hydrogen-bond acceptors (Lipinski definition) is 8. The Morgan fingerprint density at radius 2 is 1.79 bits per heavy atom. The number of halogens is 2. The zero-order valence-electron chi connectivity index (χ0n) is 26.1. The quantitative estimate of drug-likeness (QED) is 0.164. The van der Waals surface area contributed by atoms with Gasteiger partial charge < -0.3 is 23.7 Å². The second kappa shape index (κ2) is 14.0. The average molecular weight is 672 g/mol. The average Bonchev–Trinajstić information content (AvgIpc) is 3.76. The van der Waals surface area contributed by atoms with Crippen molar-refractivity contribution in [2.24, 2.45) is 0 Å². The first kappa shape index (κ1) is 31.6. The molecule has 242 valence electrons. The fraction of sp³-hybridized carbons (Fsp3) is 0.306. The van der Waals surface area contributed by atoms with Crippen molar-refractivity contribution < 1.29 is 14.2 Å². The van der Waals surface area contributed by atoms with Gasteiger partial charge in [-0.3, -0.25) is 4.90 Å². The van der Waals surface area contributed by atoms with E-state index in [-0.39, 0.29) is 6.10 Å². The molecule has 2 fully saturated rings. The van der Waals surface area contributed by atoms with E-state index >= 15 is 0 Å². The molecule has 0 spiro atoms. The van der Waals surface area contributed by atoms with Gasteiger partial charge in [0, 0.05) is 84.4 Å². The molecule has 7 rings (SSSR count). The largest absolute Gasteiger partial charge is 0.491 e. The van der Waals surface area contributed by atoms with Crippen LogP contribution < -0.4 is 9.64 Å². The molecule has 2 aliphatic rings. The normalized spacial score (nSPS) is 20.1. The maximum atomic E-state index is 6.60. The van der Waals surface area contributed by atoms with Crippen LogP contribution in [0, 0.1) is 6.92 Å². The van der Waals surface area contributed by atoms with Gasteiger partial charge in [0.15, 0.2) is 5.82 Å². The van der Waals surface area contributed by atoms with E-state index in [0.717, 1.165) is 55.6 Å². The van der Waals surface area contributed by atoms with Gasteiger partial charge in [-0.25, -0.2) is 15.0 Å². The third-order valence-corrected chi connectivity index (χ3v) is 9.22. The van der Waals surface area contributed by atoms with Crippen molar-refractivity contribution >= 4 is 28.9 Å². The number of rotatable bonds is 10. The van der Waals surface area contributed by atoms with Crippen LogP contribution in [-0.2, 0) is 28.4 Å². The van der Waals surface area contributed by atoms with Gasteiger partial charge in [0.25, 0.3) is 0 Å². The standard InChI is InChI=1S/C36H36Cl2N6O3/c1-26-28(20-40-35(41-26)27-5-3-2-4-6-27)21-42-15-17-44(18-16-42)30-8-10-31(11-9-30)45-22-32-23-46-36(47-32,24-43-14-13-39-25-43)33-12-7-29(37)19-34(33)38/h2-14,19-20,25,32H,15-18,21-24H2,1H3. The van der Waals surface area contributed by atoms with E-state index in [1.165, 1.54) is 11.3 Å². The van der Waals surface area contributed by atoms with E-state index in [0.29, 0.717) is 35.4 Å². The van der Waals surface area contributed by atoms with Crippen molar-refractivity contribution in [2.45, 2.75) is 31.9 Å². The van der Waals surface area contributed by atoms with Crippen LogP contribution in [0.15, 0.2) is 97.7 Å². The molecule has 0 amide bonds. The molecule has 0 N–H and O–H groups in total. The summed E-state index contributed by atoms with van der Waals surface area (Å²) in [5.41, 5.74) is 5.14. The van der Waals surface area contributed by atoms with Gasteiger partial charge in [-0.15, -0.1) is 0 Å². The van der Waals surface area contributed by atoms with Crippen LogP contribution in [0.2, 0.25) is 10.0 Å². The Morgan fingerprint density at radius 3 is 2.51 bits per heavy atom. The fourth-order valence-corrected chi connectivity index (χ4v) is 6.65. The smallest absolute Gasteiger partial charge is 0.215 e. The summed E-state index contributed by atoms with van der Waals surface area (Å²) < 4.78 is 20.9. The summed E-state index contributed by atoms with van der Waals surface area (Å²) in [5, 5.41) is 1.03. The molecule has 2 aromatic heterocycles. The third kappa shape index (κ3) is 7.30. The monoisotopic (exact) mass is 670 g/mol. The lowest BCUT2D eigenvalue weighted by molar-refractivity contribution is -0.189. The van der Waals surface area contributed by atoms with Crippen molar-refractivity contribution in [3.05, 3.63) is 125 Å². The van der Waals surface area contributed by atoms with Crippen molar-refractivity contribution in [2.75, 3.05) is 44.3 Å². The molecular formula is C36H36Cl2N6O3. The van der Waals surface area contributed by atoms with Crippen LogP contribution >= 0.6 is 23.2 Å². The predicted molar refractivity (Wildman–Crippen MR) is 183 cm³/mol. The molecule has 0 saturated carbocycles. The molecular weight excluding hydrogens is 635 g/mol. The Balaban J connectivity index is 0.916. The number of nitrogens with zero attached hydrogens (tertiary/aromatic N) is 6. The summed E-state index contributed by atoms with van der Waals surface area (Å²) >= 11 is 12.8. The highest BCUT2D eigenvalue weighted by molar-refractivity contribution is 6.35. The topological polar surface area (TPSA) is 77.8 Å². The lowest BCUT2D eigenvalue weighted by Crippen LogP contribution is -2.46. The minimum Gasteiger partial charge on any atom is -0.491 e. The van der Waals surface area contributed by atoms with Crippen molar-refractivity contribution in [3.8, 4) is 17.1 Å². The summed E-state index contributed by atoms with van der Waals surface area (Å²) in [5.74, 6) is 0.469. The van der Waals surface area contributed by atoms with Gasteiger partial charge in [0.05, 0.1) is 24.5 Å². The third-order valence-electron chi connectivity index (χ3n) is 8.67. The van der Waals surface area contributed by atoms with Gasteiger partial charge >= 0.3 is 0 Å². The lowest BCUT2D eigenvalue weighted by atomic mass is 10.1. The molecule has 0 radical (unpaired) electrons. The maximum absolute atomic E-state index is 6.60. The molecule has 0 aliphatic carbocycles. The number of ether oxygens (including phenoxy) is 3. The van der Waals surface area contributed by atoms with Crippen LogP contribution in [0.4, 0.5) is 5.69 Å². The number of piperazine rings is 1. The van der Waals surface area contributed by atoms with E-state index in [2.05, 4.69) is 38.8 Å². The van der Waals surface area contributed by atoms with E-state index in [1.807, 2.05) is 65.5 Å². The van der Waals surface area contributed by atoms with E-state index < -0.39 is 5.79 Å². The number of benzene rings is 3. The number of anilines is 1. The number of aromatic nitrogens is 4. The van der Waals surface area contributed by atoms with Gasteiger partial charge in [-0.05, 0) is 43.3 Å². The zero-order chi connectivity index (χ0) is 32.2. The van der Waals surface area contributed by atoms with Gasteiger partial charge in [0.2, 0.25) is 5.79 Å². The minimum absolute atomic E-state index is 0.290. The fourth-order valence-electron chi connectivity index (χ4n) is 6.10. The molecule has 2 saturated heterocycles. The SMILES string of the molecule is Cc1nc(-c2ccccc2)ncc1CN1CCN(c2ccc(OCC3COC(Cn4ccnc4)(c4ccc(Cl)cc4Cl)O3)cc2)CC1. The van der Waals surface area contributed by atoms with Crippen LogP contribution in [0.5, 0.6) is 5.75 Å². The summed E-state index contributed by atoms with van der Waals surface area (Å²) in [6, 6.07) is 23.7. The first-order valence-corrected chi connectivity index (χ1v) is 16.5. The first-order valence-electron chi connectivity index (χ1n) is 15.8. The number of imidazole rings is 1. The Bertz CT molecular complexity index is 1780. The predicted octanol–water partition coefficient (Wildman–Crippen LogP) is 6.62. The molecule has 2 aliphatic heterocycles. The van der Waals surface area contributed by atoms with Crippen molar-refractivity contribution in [1.82, 2.24) is 24.4 Å². The van der Waals surface area contributed by atoms with E-state index in [9.17, 15) is 0 Å². The molecule has 47 heavy (non-hydrogen) atoms. The lowest BCUT2D eigenvalue weighted by Gasteiger charge is -2.36. The Morgan fingerprint density at radius 1 is 0.979 bits per heavy atom. The molecule has 0 bridgehead atoms. The summed E-state index contributed by atoms with van der Waals surface area (Å²) in [4.78, 5) is 18.5. The first-order chi connectivity index (χ1) is 22.9. The second-order valence-electron chi connectivity index (χ2n) is 11.9. The van der Waals surface area contributed by atoms with E-state index in [4.69, 9.17) is 42.4 Å². The summed E-state index contributed by atoms with van der Waals surface area (Å²) in [6.45, 7) is 7.84. The highest BCUT2D eigenvalue weighted by Crippen LogP contribution is 2.40. The van der Waals surface area contributed by atoms with Crippen LogP contribution in [-0.4, -0.2) is 69.9 Å². The van der Waals surface area contributed by atoms with Crippen molar-refractivity contribution in [3.63, 3.8) is 0 Å². The van der Waals surface area contributed by atoms with Crippen LogP contribution in [0.25, 0.3) is 11.4 Å². The van der Waals surface area contributed by atoms with Crippen LogP contribution in [0.3, 0.4) is 0 Å².